The van der Waals surface area contributed by atoms with Gasteiger partial charge in [0.1, 0.15) is 6.10 Å². The van der Waals surface area contributed by atoms with Crippen LogP contribution in [0.15, 0.2) is 28.8 Å². The van der Waals surface area contributed by atoms with Crippen molar-refractivity contribution in [2.75, 3.05) is 13.2 Å². The molecule has 3 aromatic heterocycles. The van der Waals surface area contributed by atoms with Gasteiger partial charge in [0.05, 0.1) is 34.6 Å². The molecule has 29 heavy (non-hydrogen) atoms. The van der Waals surface area contributed by atoms with Crippen LogP contribution in [0.5, 0.6) is 6.01 Å². The van der Waals surface area contributed by atoms with Crippen molar-refractivity contribution in [2.45, 2.75) is 31.7 Å². The van der Waals surface area contributed by atoms with E-state index in [1.165, 1.54) is 0 Å². The minimum Gasteiger partial charge on any atom is -0.456 e. The molecule has 6 rings (SSSR count). The molecule has 1 N–H and O–H groups in total. The van der Waals surface area contributed by atoms with Crippen LogP contribution in [0, 0.1) is 6.92 Å². The fourth-order valence-electron chi connectivity index (χ4n) is 4.03. The number of halogens is 1. The van der Waals surface area contributed by atoms with Gasteiger partial charge in [0.15, 0.2) is 17.3 Å². The average molecular weight is 413 g/mol. The molecule has 9 heteroatoms. The molecule has 0 radical (unpaired) electrons. The van der Waals surface area contributed by atoms with E-state index in [-0.39, 0.29) is 18.3 Å². The molecule has 2 aliphatic rings. The van der Waals surface area contributed by atoms with Crippen molar-refractivity contribution in [3.8, 4) is 17.3 Å². The number of nitrogens with zero attached hydrogens (tertiary/aromatic N) is 3. The van der Waals surface area contributed by atoms with Crippen LogP contribution in [0.2, 0.25) is 5.02 Å². The number of ether oxygens (including phenoxy) is 3. The van der Waals surface area contributed by atoms with Crippen LogP contribution < -0.4 is 4.74 Å². The number of aromatic amines is 1. The maximum absolute atomic E-state index is 6.53. The summed E-state index contributed by atoms with van der Waals surface area (Å²) in [6.07, 6.45) is 0.784. The summed E-state index contributed by atoms with van der Waals surface area (Å²) >= 11 is 6.53. The molecule has 3 atom stereocenters. The Labute approximate surface area is 170 Å². The zero-order valence-corrected chi connectivity index (χ0v) is 16.3. The largest absolute Gasteiger partial charge is 0.456 e. The van der Waals surface area contributed by atoms with E-state index in [1.807, 2.05) is 31.2 Å². The lowest BCUT2D eigenvalue weighted by atomic mass is 10.1. The zero-order valence-electron chi connectivity index (χ0n) is 15.5. The van der Waals surface area contributed by atoms with Crippen LogP contribution in [0.25, 0.3) is 33.4 Å². The average Bonchev–Trinajstić information content (AvgIpc) is 3.47. The summed E-state index contributed by atoms with van der Waals surface area (Å²) in [4.78, 5) is 12.3. The zero-order chi connectivity index (χ0) is 19.5. The number of nitrogens with one attached hydrogen (secondary N) is 1. The van der Waals surface area contributed by atoms with E-state index in [0.29, 0.717) is 41.1 Å². The van der Waals surface area contributed by atoms with Gasteiger partial charge in [-0.25, -0.2) is 4.98 Å². The first-order valence-electron chi connectivity index (χ1n) is 9.48. The Balaban J connectivity index is 1.35. The predicted octanol–water partition coefficient (Wildman–Crippen LogP) is 3.66. The molecule has 0 spiro atoms. The molecule has 8 nitrogen and oxygen atoms in total. The summed E-state index contributed by atoms with van der Waals surface area (Å²) in [5, 5.41) is 5.44. The first-order chi connectivity index (χ1) is 14.2. The van der Waals surface area contributed by atoms with Gasteiger partial charge in [0, 0.05) is 17.6 Å². The number of benzene rings is 1. The van der Waals surface area contributed by atoms with Gasteiger partial charge >= 0.3 is 0 Å². The first kappa shape index (κ1) is 17.2. The number of hydrogen-bond donors (Lipinski definition) is 1. The second kappa shape index (κ2) is 6.41. The van der Waals surface area contributed by atoms with E-state index in [0.717, 1.165) is 28.6 Å². The van der Waals surface area contributed by atoms with E-state index < -0.39 is 0 Å². The number of pyridine rings is 1. The topological polar surface area (TPSA) is 95.3 Å². The van der Waals surface area contributed by atoms with E-state index in [1.54, 1.807) is 0 Å². The molecule has 0 bridgehead atoms. The quantitative estimate of drug-likeness (QED) is 0.548. The fraction of sp³-hybridized carbons (Fsp3) is 0.350. The van der Waals surface area contributed by atoms with Crippen LogP contribution in [-0.4, -0.2) is 51.6 Å². The third-order valence-corrected chi connectivity index (χ3v) is 5.80. The number of imidazole rings is 1. The van der Waals surface area contributed by atoms with Crippen molar-refractivity contribution in [2.24, 2.45) is 0 Å². The molecule has 0 amide bonds. The highest BCUT2D eigenvalue weighted by atomic mass is 35.5. The minimum absolute atomic E-state index is 0.0474. The summed E-state index contributed by atoms with van der Waals surface area (Å²) < 4.78 is 22.7. The number of rotatable bonds is 3. The van der Waals surface area contributed by atoms with Crippen molar-refractivity contribution >= 4 is 33.7 Å². The van der Waals surface area contributed by atoms with E-state index in [9.17, 15) is 0 Å². The Hall–Kier alpha value is -2.68. The van der Waals surface area contributed by atoms with Gasteiger partial charge in [-0.05, 0) is 37.6 Å². The number of fused-ring (bicyclic) bond motifs is 3. The SMILES string of the molecule is Cc1noc2ccc(-c3nc4nc(O[C@@H]5CO[C@@H]6CCO[C@@H]65)[nH]c4cc3Cl)cc12. The Morgan fingerprint density at radius 1 is 1.21 bits per heavy atom. The Morgan fingerprint density at radius 3 is 3.07 bits per heavy atom. The van der Waals surface area contributed by atoms with Crippen LogP contribution in [-0.2, 0) is 9.47 Å². The first-order valence-corrected chi connectivity index (χ1v) is 9.86. The van der Waals surface area contributed by atoms with Gasteiger partial charge in [0.25, 0.3) is 6.01 Å². The number of H-pyrrole nitrogens is 1. The third kappa shape index (κ3) is 2.78. The molecule has 0 unspecified atom stereocenters. The number of aryl methyl sites for hydroxylation is 1. The van der Waals surface area contributed by atoms with Gasteiger partial charge in [-0.2, -0.15) is 4.98 Å². The molecule has 2 fully saturated rings. The molecule has 0 aliphatic carbocycles. The van der Waals surface area contributed by atoms with Gasteiger partial charge in [-0.15, -0.1) is 0 Å². The molecule has 2 aliphatic heterocycles. The van der Waals surface area contributed by atoms with Crippen molar-refractivity contribution in [1.29, 1.82) is 0 Å². The Morgan fingerprint density at radius 2 is 2.14 bits per heavy atom. The van der Waals surface area contributed by atoms with Gasteiger partial charge < -0.3 is 23.7 Å². The maximum atomic E-state index is 6.53. The van der Waals surface area contributed by atoms with Crippen LogP contribution in [0.1, 0.15) is 12.1 Å². The third-order valence-electron chi connectivity index (χ3n) is 5.51. The normalized spacial score (nSPS) is 23.9. The molecule has 5 heterocycles. The molecule has 0 saturated carbocycles. The molecule has 148 valence electrons. The Bertz CT molecular complexity index is 1240. The monoisotopic (exact) mass is 412 g/mol. The fourth-order valence-corrected chi connectivity index (χ4v) is 4.30. The molecule has 1 aromatic carbocycles. The number of aromatic nitrogens is 4. The summed E-state index contributed by atoms with van der Waals surface area (Å²) in [7, 11) is 0. The minimum atomic E-state index is -0.183. The molecule has 2 saturated heterocycles. The lowest BCUT2D eigenvalue weighted by Crippen LogP contribution is -2.32. The predicted molar refractivity (Wildman–Crippen MR) is 105 cm³/mol. The van der Waals surface area contributed by atoms with Crippen LogP contribution >= 0.6 is 11.6 Å². The second-order valence-electron chi connectivity index (χ2n) is 7.36. The van der Waals surface area contributed by atoms with Crippen molar-refractivity contribution in [3.05, 3.63) is 35.0 Å². The van der Waals surface area contributed by atoms with E-state index >= 15 is 0 Å². The number of hydrogen-bond acceptors (Lipinski definition) is 7. The summed E-state index contributed by atoms with van der Waals surface area (Å²) in [5.41, 5.74) is 4.30. The summed E-state index contributed by atoms with van der Waals surface area (Å²) in [5.74, 6) is 0. The van der Waals surface area contributed by atoms with Gasteiger partial charge in [0.2, 0.25) is 0 Å². The van der Waals surface area contributed by atoms with E-state index in [2.05, 4.69) is 20.1 Å². The van der Waals surface area contributed by atoms with Crippen molar-refractivity contribution in [3.63, 3.8) is 0 Å². The van der Waals surface area contributed by atoms with Gasteiger partial charge in [-0.3, -0.25) is 0 Å². The lowest BCUT2D eigenvalue weighted by Gasteiger charge is -2.15. The summed E-state index contributed by atoms with van der Waals surface area (Å²) in [6.45, 7) is 3.09. The second-order valence-corrected chi connectivity index (χ2v) is 7.77. The van der Waals surface area contributed by atoms with Crippen molar-refractivity contribution < 1.29 is 18.7 Å². The summed E-state index contributed by atoms with van der Waals surface area (Å²) in [6, 6.07) is 7.94. The Kier molecular flexibility index (Phi) is 3.80. The smallest absolute Gasteiger partial charge is 0.296 e. The highest BCUT2D eigenvalue weighted by molar-refractivity contribution is 6.33. The molecule has 4 aromatic rings. The molecular formula is C20H17ClN4O4. The van der Waals surface area contributed by atoms with Crippen LogP contribution in [0.4, 0.5) is 0 Å². The highest BCUT2D eigenvalue weighted by Crippen LogP contribution is 2.33. The molecular weight excluding hydrogens is 396 g/mol. The van der Waals surface area contributed by atoms with E-state index in [4.69, 9.17) is 30.3 Å². The van der Waals surface area contributed by atoms with Crippen LogP contribution in [0.3, 0.4) is 0 Å². The lowest BCUT2D eigenvalue weighted by molar-refractivity contribution is 0.0273. The standard InChI is InChI=1S/C20H17ClN4O4/c1-9-11-6-10(2-3-14(11)29-25-9)17-12(21)7-13-19(23-17)24-20(22-13)28-16-8-27-15-4-5-26-18(15)16/h2-3,6-7,15-16,18H,4-5,8H2,1H3,(H,22,23,24)/t15-,16-,18+/m1/s1. The highest BCUT2D eigenvalue weighted by Gasteiger charge is 2.43. The van der Waals surface area contributed by atoms with Gasteiger partial charge in [-0.1, -0.05) is 16.8 Å². The van der Waals surface area contributed by atoms with Crippen molar-refractivity contribution in [1.82, 2.24) is 20.1 Å². The maximum Gasteiger partial charge on any atom is 0.296 e.